The Bertz CT molecular complexity index is 263. The smallest absolute Gasteiger partial charge is 0.328 e. The topological polar surface area (TPSA) is 107 Å². The zero-order valence-electron chi connectivity index (χ0n) is 7.37. The highest BCUT2D eigenvalue weighted by atomic mass is 31.2. The fourth-order valence-corrected chi connectivity index (χ4v) is 1.78. The average Bonchev–Trinajstić information content (AvgIpc) is 2.32. The van der Waals surface area contributed by atoms with Gasteiger partial charge in [-0.05, 0) is 0 Å². The van der Waals surface area contributed by atoms with Crippen molar-refractivity contribution in [2.24, 2.45) is 0 Å². The normalized spacial score (nSPS) is 20.2. The molecule has 1 rings (SSSR count). The lowest BCUT2D eigenvalue weighted by Crippen LogP contribution is -2.34. The quantitative estimate of drug-likeness (QED) is 0.513. The van der Waals surface area contributed by atoms with Crippen molar-refractivity contribution in [3.05, 3.63) is 0 Å². The van der Waals surface area contributed by atoms with E-state index in [-0.39, 0.29) is 25.5 Å². The largest absolute Gasteiger partial charge is 0.391 e. The molecular weight excluding hydrogens is 213 g/mol. The third kappa shape index (κ3) is 3.73. The summed E-state index contributed by atoms with van der Waals surface area (Å²) in [7, 11) is -4.24. The Hall–Kier alpha value is -0.460. The predicted molar refractivity (Wildman–Crippen MR) is 45.2 cm³/mol. The SMILES string of the molecule is O=C1CCON1CC(O)CP(=O)(O)O. The van der Waals surface area contributed by atoms with Crippen LogP contribution in [0.2, 0.25) is 0 Å². The molecule has 0 spiro atoms. The van der Waals surface area contributed by atoms with Gasteiger partial charge in [-0.1, -0.05) is 0 Å². The highest BCUT2D eigenvalue weighted by molar-refractivity contribution is 7.51. The molecule has 0 saturated carbocycles. The van der Waals surface area contributed by atoms with Crippen LogP contribution in [0, 0.1) is 0 Å². The summed E-state index contributed by atoms with van der Waals surface area (Å²) in [4.78, 5) is 32.9. The average molecular weight is 225 g/mol. The lowest BCUT2D eigenvalue weighted by Gasteiger charge is -2.18. The van der Waals surface area contributed by atoms with E-state index in [1.165, 1.54) is 0 Å². The second-order valence-electron chi connectivity index (χ2n) is 3.04. The minimum absolute atomic E-state index is 0.204. The van der Waals surface area contributed by atoms with Gasteiger partial charge in [0, 0.05) is 0 Å². The molecule has 1 atom stereocenters. The first-order valence-corrected chi connectivity index (χ1v) is 5.84. The maximum Gasteiger partial charge on any atom is 0.328 e. The van der Waals surface area contributed by atoms with E-state index in [0.717, 1.165) is 5.06 Å². The van der Waals surface area contributed by atoms with Crippen LogP contribution in [0.3, 0.4) is 0 Å². The Labute approximate surface area is 80.4 Å². The van der Waals surface area contributed by atoms with Crippen molar-refractivity contribution in [2.45, 2.75) is 12.5 Å². The molecule has 8 heteroatoms. The van der Waals surface area contributed by atoms with E-state index in [0.29, 0.717) is 0 Å². The first kappa shape index (κ1) is 11.6. The predicted octanol–water partition coefficient (Wildman–Crippen LogP) is -1.31. The number of rotatable bonds is 4. The van der Waals surface area contributed by atoms with Gasteiger partial charge in [0.15, 0.2) is 0 Å². The number of amides is 1. The molecule has 0 radical (unpaired) electrons. The van der Waals surface area contributed by atoms with Gasteiger partial charge >= 0.3 is 7.60 Å². The van der Waals surface area contributed by atoms with E-state index < -0.39 is 19.9 Å². The first-order valence-electron chi connectivity index (χ1n) is 4.04. The number of carbonyl (C=O) groups excluding carboxylic acids is 1. The van der Waals surface area contributed by atoms with Crippen LogP contribution in [-0.2, 0) is 14.2 Å². The Kier molecular flexibility index (Phi) is 3.63. The second kappa shape index (κ2) is 4.37. The summed E-state index contributed by atoms with van der Waals surface area (Å²) < 4.78 is 10.5. The summed E-state index contributed by atoms with van der Waals surface area (Å²) >= 11 is 0. The third-order valence-electron chi connectivity index (χ3n) is 1.67. The molecule has 0 aromatic heterocycles. The summed E-state index contributed by atoms with van der Waals surface area (Å²) in [6.07, 6.45) is -1.69. The van der Waals surface area contributed by atoms with E-state index in [1.807, 2.05) is 0 Å². The van der Waals surface area contributed by atoms with Gasteiger partial charge in [0.1, 0.15) is 0 Å². The lowest BCUT2D eigenvalue weighted by molar-refractivity contribution is -0.167. The van der Waals surface area contributed by atoms with Crippen molar-refractivity contribution in [3.8, 4) is 0 Å². The van der Waals surface area contributed by atoms with Gasteiger partial charge in [-0.25, -0.2) is 5.06 Å². The van der Waals surface area contributed by atoms with E-state index in [4.69, 9.17) is 14.6 Å². The van der Waals surface area contributed by atoms with Crippen LogP contribution in [0.5, 0.6) is 0 Å². The Morgan fingerprint density at radius 1 is 1.57 bits per heavy atom. The number of aliphatic hydroxyl groups excluding tert-OH is 1. The number of β-amino-alcohol motifs (C(OH)–C–C–N with tert-alkyl or cyclic N) is 1. The number of nitrogens with zero attached hydrogens (tertiary/aromatic N) is 1. The van der Waals surface area contributed by atoms with Crippen molar-refractivity contribution in [1.29, 1.82) is 0 Å². The summed E-state index contributed by atoms with van der Waals surface area (Å²) in [6.45, 7) is 0.0470. The van der Waals surface area contributed by atoms with Gasteiger partial charge in [0.25, 0.3) is 0 Å². The number of hydroxylamine groups is 2. The highest BCUT2D eigenvalue weighted by Crippen LogP contribution is 2.35. The molecule has 0 bridgehead atoms. The molecule has 1 heterocycles. The van der Waals surface area contributed by atoms with Gasteiger partial charge in [-0.15, -0.1) is 0 Å². The molecule has 1 saturated heterocycles. The van der Waals surface area contributed by atoms with Gasteiger partial charge in [0.05, 0.1) is 31.8 Å². The van der Waals surface area contributed by atoms with Gasteiger partial charge in [-0.3, -0.25) is 14.2 Å². The molecule has 0 aliphatic carbocycles. The lowest BCUT2D eigenvalue weighted by atomic mass is 10.4. The van der Waals surface area contributed by atoms with Crippen LogP contribution in [0.25, 0.3) is 0 Å². The summed E-state index contributed by atoms with van der Waals surface area (Å²) in [6, 6.07) is 0. The molecule has 1 unspecified atom stereocenters. The Morgan fingerprint density at radius 2 is 2.21 bits per heavy atom. The fraction of sp³-hybridized carbons (Fsp3) is 0.833. The molecule has 3 N–H and O–H groups in total. The third-order valence-corrected chi connectivity index (χ3v) is 2.56. The van der Waals surface area contributed by atoms with Crippen LogP contribution in [-0.4, -0.2) is 51.3 Å². The zero-order valence-corrected chi connectivity index (χ0v) is 8.26. The molecule has 1 aliphatic rings. The van der Waals surface area contributed by atoms with Crippen LogP contribution in [0.4, 0.5) is 0 Å². The Balaban J connectivity index is 2.37. The van der Waals surface area contributed by atoms with E-state index in [2.05, 4.69) is 0 Å². The fourth-order valence-electron chi connectivity index (χ4n) is 1.12. The maximum absolute atomic E-state index is 11.0. The molecule has 7 nitrogen and oxygen atoms in total. The number of hydrogen-bond acceptors (Lipinski definition) is 4. The van der Waals surface area contributed by atoms with Crippen molar-refractivity contribution in [1.82, 2.24) is 5.06 Å². The van der Waals surface area contributed by atoms with E-state index >= 15 is 0 Å². The second-order valence-corrected chi connectivity index (χ2v) is 4.73. The number of carbonyl (C=O) groups is 1. The van der Waals surface area contributed by atoms with Crippen molar-refractivity contribution in [2.75, 3.05) is 19.3 Å². The summed E-state index contributed by atoms with van der Waals surface area (Å²) in [5.74, 6) is -0.283. The standard InChI is InChI=1S/C6H12NO6P/c8-5(4-14(10,11)12)3-7-6(9)1-2-13-7/h5,8H,1-4H2,(H2,10,11,12). The van der Waals surface area contributed by atoms with Crippen LogP contribution < -0.4 is 0 Å². The number of hydrogen-bond donors (Lipinski definition) is 3. The van der Waals surface area contributed by atoms with Gasteiger partial charge in [-0.2, -0.15) is 0 Å². The molecule has 1 aliphatic heterocycles. The monoisotopic (exact) mass is 225 g/mol. The summed E-state index contributed by atoms with van der Waals surface area (Å²) in [5.41, 5.74) is 0. The molecule has 14 heavy (non-hydrogen) atoms. The van der Waals surface area contributed by atoms with Crippen LogP contribution >= 0.6 is 7.60 Å². The molecular formula is C6H12NO6P. The summed E-state index contributed by atoms with van der Waals surface area (Å²) in [5, 5.41) is 10.1. The first-order chi connectivity index (χ1) is 6.38. The van der Waals surface area contributed by atoms with Gasteiger partial charge < -0.3 is 14.9 Å². The van der Waals surface area contributed by atoms with Crippen molar-refractivity contribution in [3.63, 3.8) is 0 Å². The van der Waals surface area contributed by atoms with Gasteiger partial charge in [0.2, 0.25) is 5.91 Å². The number of aliphatic hydroxyl groups is 1. The highest BCUT2D eigenvalue weighted by Gasteiger charge is 2.27. The minimum atomic E-state index is -4.24. The van der Waals surface area contributed by atoms with E-state index in [1.54, 1.807) is 0 Å². The van der Waals surface area contributed by atoms with Crippen LogP contribution in [0.15, 0.2) is 0 Å². The zero-order chi connectivity index (χ0) is 10.8. The Morgan fingerprint density at radius 3 is 2.64 bits per heavy atom. The van der Waals surface area contributed by atoms with Crippen molar-refractivity contribution < 1.29 is 29.1 Å². The molecule has 0 aromatic carbocycles. The van der Waals surface area contributed by atoms with Crippen molar-refractivity contribution >= 4 is 13.5 Å². The molecule has 1 fully saturated rings. The molecule has 0 aromatic rings. The molecule has 1 amide bonds. The maximum atomic E-state index is 11.0. The molecule has 82 valence electrons. The van der Waals surface area contributed by atoms with E-state index in [9.17, 15) is 14.5 Å². The minimum Gasteiger partial charge on any atom is -0.391 e. The van der Waals surface area contributed by atoms with Crippen LogP contribution in [0.1, 0.15) is 6.42 Å².